The summed E-state index contributed by atoms with van der Waals surface area (Å²) in [6.07, 6.45) is 1.56. The first-order valence-corrected chi connectivity index (χ1v) is 9.96. The van der Waals surface area contributed by atoms with Gasteiger partial charge >= 0.3 is 0 Å². The second kappa shape index (κ2) is 6.02. The highest BCUT2D eigenvalue weighted by Gasteiger charge is 2.28. The number of thiophene rings is 1. The lowest BCUT2D eigenvalue weighted by Gasteiger charge is -2.28. The predicted octanol–water partition coefficient (Wildman–Crippen LogP) is 2.08. The molecule has 25 heavy (non-hydrogen) atoms. The number of nitrogen functional groups attached to an aromatic ring is 1. The summed E-state index contributed by atoms with van der Waals surface area (Å²) in [5, 5.41) is 21.1. The summed E-state index contributed by atoms with van der Waals surface area (Å²) in [5.41, 5.74) is 7.35. The lowest BCUT2D eigenvalue weighted by Crippen LogP contribution is -2.30. The Hall–Kier alpha value is -2.64. The van der Waals surface area contributed by atoms with Crippen molar-refractivity contribution in [2.75, 3.05) is 23.4 Å². The van der Waals surface area contributed by atoms with E-state index in [2.05, 4.69) is 6.07 Å². The van der Waals surface area contributed by atoms with Gasteiger partial charge in [0.1, 0.15) is 16.8 Å². The Balaban J connectivity index is 2.03. The van der Waals surface area contributed by atoms with Gasteiger partial charge in [0.05, 0.1) is 21.9 Å². The van der Waals surface area contributed by atoms with Crippen LogP contribution in [-0.4, -0.2) is 26.1 Å². The SMILES string of the molecule is CS(=O)(=O)c1ccc(N2CCc3c(sc(N)c3C#N)C2)c([N+](=O)[O-])c1. The smallest absolute Gasteiger partial charge is 0.293 e. The van der Waals surface area contributed by atoms with Crippen LogP contribution in [0.4, 0.5) is 16.4 Å². The maximum absolute atomic E-state index is 11.7. The van der Waals surface area contributed by atoms with Crippen LogP contribution in [-0.2, 0) is 22.8 Å². The molecule has 10 heteroatoms. The largest absolute Gasteiger partial charge is 0.389 e. The summed E-state index contributed by atoms with van der Waals surface area (Å²) in [4.78, 5) is 13.5. The van der Waals surface area contributed by atoms with Crippen LogP contribution < -0.4 is 10.6 Å². The fourth-order valence-corrected chi connectivity index (χ4v) is 4.63. The number of anilines is 2. The van der Waals surface area contributed by atoms with Crippen LogP contribution in [0.25, 0.3) is 0 Å². The highest BCUT2D eigenvalue weighted by Crippen LogP contribution is 2.38. The molecule has 0 amide bonds. The lowest BCUT2D eigenvalue weighted by molar-refractivity contribution is -0.384. The molecular formula is C15H14N4O4S2. The van der Waals surface area contributed by atoms with E-state index in [1.165, 1.54) is 23.5 Å². The summed E-state index contributed by atoms with van der Waals surface area (Å²) in [5.74, 6) is 0. The Morgan fingerprint density at radius 3 is 2.76 bits per heavy atom. The molecule has 1 aliphatic rings. The fraction of sp³-hybridized carbons (Fsp3) is 0.267. The van der Waals surface area contributed by atoms with Gasteiger partial charge in [0.15, 0.2) is 9.84 Å². The quantitative estimate of drug-likeness (QED) is 0.639. The Morgan fingerprint density at radius 2 is 2.16 bits per heavy atom. The summed E-state index contributed by atoms with van der Waals surface area (Å²) in [6.45, 7) is 0.877. The van der Waals surface area contributed by atoms with E-state index in [4.69, 9.17) is 5.73 Å². The topological polar surface area (TPSA) is 130 Å². The zero-order valence-corrected chi connectivity index (χ0v) is 14.9. The number of nitrogens with zero attached hydrogens (tertiary/aromatic N) is 3. The van der Waals surface area contributed by atoms with Gasteiger partial charge in [-0.05, 0) is 24.1 Å². The molecule has 1 aromatic carbocycles. The van der Waals surface area contributed by atoms with Crippen molar-refractivity contribution in [1.82, 2.24) is 0 Å². The third-order valence-corrected chi connectivity index (χ3v) is 6.26. The Morgan fingerprint density at radius 1 is 1.44 bits per heavy atom. The molecule has 2 heterocycles. The van der Waals surface area contributed by atoms with Crippen molar-refractivity contribution in [3.8, 4) is 6.07 Å². The molecule has 1 aliphatic heterocycles. The van der Waals surface area contributed by atoms with Crippen molar-refractivity contribution in [1.29, 1.82) is 5.26 Å². The van der Waals surface area contributed by atoms with Crippen LogP contribution in [0.1, 0.15) is 16.0 Å². The van der Waals surface area contributed by atoms with Crippen LogP contribution in [0.5, 0.6) is 0 Å². The number of nitrogens with two attached hydrogens (primary N) is 1. The Kier molecular flexibility index (Phi) is 4.14. The average molecular weight is 378 g/mol. The molecule has 130 valence electrons. The lowest BCUT2D eigenvalue weighted by atomic mass is 10.0. The highest BCUT2D eigenvalue weighted by molar-refractivity contribution is 7.90. The number of nitro groups is 1. The number of nitriles is 1. The number of nitro benzene ring substituents is 1. The van der Waals surface area contributed by atoms with Crippen LogP contribution in [0.2, 0.25) is 0 Å². The predicted molar refractivity (Wildman–Crippen MR) is 94.4 cm³/mol. The summed E-state index contributed by atoms with van der Waals surface area (Å²) < 4.78 is 23.3. The zero-order valence-electron chi connectivity index (χ0n) is 13.2. The second-order valence-corrected chi connectivity index (χ2v) is 8.86. The van der Waals surface area contributed by atoms with E-state index >= 15 is 0 Å². The molecule has 0 bridgehead atoms. The standard InChI is InChI=1S/C15H14N4O4S2/c1-25(22,23)9-2-3-12(13(6-9)19(20)21)18-5-4-10-11(7-16)15(17)24-14(10)8-18/h2-3,6H,4-5,8,17H2,1H3. The number of rotatable bonds is 3. The fourth-order valence-electron chi connectivity index (χ4n) is 2.90. The van der Waals surface area contributed by atoms with Gasteiger partial charge < -0.3 is 10.6 Å². The monoisotopic (exact) mass is 378 g/mol. The summed E-state index contributed by atoms with van der Waals surface area (Å²) in [6, 6.07) is 6.02. The van der Waals surface area contributed by atoms with Crippen molar-refractivity contribution < 1.29 is 13.3 Å². The Bertz CT molecular complexity index is 1020. The van der Waals surface area contributed by atoms with E-state index in [9.17, 15) is 23.8 Å². The van der Waals surface area contributed by atoms with Gasteiger partial charge in [-0.1, -0.05) is 0 Å². The molecule has 0 fully saturated rings. The summed E-state index contributed by atoms with van der Waals surface area (Å²) >= 11 is 1.31. The van der Waals surface area contributed by atoms with E-state index in [0.29, 0.717) is 35.8 Å². The number of sulfone groups is 1. The molecule has 1 aromatic heterocycles. The highest BCUT2D eigenvalue weighted by atomic mass is 32.2. The molecule has 0 saturated carbocycles. The third-order valence-electron chi connectivity index (χ3n) is 4.11. The minimum Gasteiger partial charge on any atom is -0.389 e. The van der Waals surface area contributed by atoms with E-state index in [-0.39, 0.29) is 10.6 Å². The minimum absolute atomic E-state index is 0.0900. The van der Waals surface area contributed by atoms with Gasteiger partial charge in [-0.15, -0.1) is 11.3 Å². The first kappa shape index (κ1) is 17.2. The zero-order chi connectivity index (χ0) is 18.4. The van der Waals surface area contributed by atoms with Gasteiger partial charge in [0.2, 0.25) is 0 Å². The maximum Gasteiger partial charge on any atom is 0.293 e. The number of hydrogen-bond donors (Lipinski definition) is 1. The van der Waals surface area contributed by atoms with Crippen LogP contribution in [0, 0.1) is 21.4 Å². The summed E-state index contributed by atoms with van der Waals surface area (Å²) in [7, 11) is -3.53. The van der Waals surface area contributed by atoms with Crippen LogP contribution in [0.3, 0.4) is 0 Å². The second-order valence-electron chi connectivity index (χ2n) is 5.71. The molecule has 2 aromatic rings. The average Bonchev–Trinajstić information content (AvgIpc) is 2.87. The maximum atomic E-state index is 11.7. The number of hydrogen-bond acceptors (Lipinski definition) is 8. The van der Waals surface area contributed by atoms with Gasteiger partial charge in [-0.3, -0.25) is 10.1 Å². The molecule has 0 unspecified atom stereocenters. The molecular weight excluding hydrogens is 364 g/mol. The molecule has 3 rings (SSSR count). The first-order chi connectivity index (χ1) is 11.7. The normalized spacial score (nSPS) is 14.0. The van der Waals surface area contributed by atoms with E-state index in [1.54, 1.807) is 0 Å². The van der Waals surface area contributed by atoms with Crippen molar-refractivity contribution >= 4 is 37.5 Å². The van der Waals surface area contributed by atoms with E-state index in [1.807, 2.05) is 4.90 Å². The van der Waals surface area contributed by atoms with Crippen LogP contribution in [0.15, 0.2) is 23.1 Å². The Labute approximate surface area is 148 Å². The molecule has 0 saturated heterocycles. The first-order valence-electron chi connectivity index (χ1n) is 7.26. The molecule has 2 N–H and O–H groups in total. The van der Waals surface area contributed by atoms with E-state index in [0.717, 1.165) is 22.8 Å². The molecule has 8 nitrogen and oxygen atoms in total. The van der Waals surface area contributed by atoms with Gasteiger partial charge in [0.25, 0.3) is 5.69 Å². The van der Waals surface area contributed by atoms with E-state index < -0.39 is 14.8 Å². The van der Waals surface area contributed by atoms with Crippen molar-refractivity contribution in [2.24, 2.45) is 0 Å². The molecule has 0 atom stereocenters. The third kappa shape index (κ3) is 3.04. The molecule has 0 radical (unpaired) electrons. The van der Waals surface area contributed by atoms with Crippen LogP contribution >= 0.6 is 11.3 Å². The number of fused-ring (bicyclic) bond motifs is 1. The minimum atomic E-state index is -3.53. The molecule has 0 aliphatic carbocycles. The van der Waals surface area contributed by atoms with Gasteiger partial charge in [-0.2, -0.15) is 5.26 Å². The number of benzene rings is 1. The molecule has 0 spiro atoms. The van der Waals surface area contributed by atoms with Crippen molar-refractivity contribution in [2.45, 2.75) is 17.9 Å². The van der Waals surface area contributed by atoms with Crippen molar-refractivity contribution in [3.63, 3.8) is 0 Å². The van der Waals surface area contributed by atoms with Gasteiger partial charge in [0, 0.05) is 23.7 Å². The van der Waals surface area contributed by atoms with Crippen molar-refractivity contribution in [3.05, 3.63) is 44.3 Å². The van der Waals surface area contributed by atoms with Gasteiger partial charge in [-0.25, -0.2) is 8.42 Å².